The highest BCUT2D eigenvalue weighted by Gasteiger charge is 2.31. The van der Waals surface area contributed by atoms with Crippen LogP contribution in [0.5, 0.6) is 5.75 Å². The lowest BCUT2D eigenvalue weighted by atomic mass is 9.94. The van der Waals surface area contributed by atoms with Crippen LogP contribution in [0.25, 0.3) is 0 Å². The molecule has 0 saturated heterocycles. The van der Waals surface area contributed by atoms with E-state index in [4.69, 9.17) is 4.74 Å². The molecular formula is C15H21NO2. The predicted octanol–water partition coefficient (Wildman–Crippen LogP) is 3.70. The Morgan fingerprint density at radius 3 is 2.83 bits per heavy atom. The molecule has 0 saturated carbocycles. The number of anilines is 1. The van der Waals surface area contributed by atoms with Gasteiger partial charge >= 0.3 is 0 Å². The smallest absolute Gasteiger partial charge is 0.232 e. The maximum absolute atomic E-state index is 12.0. The van der Waals surface area contributed by atoms with Crippen LogP contribution in [0.15, 0.2) is 18.2 Å². The van der Waals surface area contributed by atoms with Crippen LogP contribution in [0.2, 0.25) is 0 Å². The van der Waals surface area contributed by atoms with E-state index in [1.807, 2.05) is 18.2 Å². The van der Waals surface area contributed by atoms with Crippen molar-refractivity contribution in [1.82, 2.24) is 0 Å². The van der Waals surface area contributed by atoms with Gasteiger partial charge in [0.25, 0.3) is 0 Å². The van der Waals surface area contributed by atoms with Crippen molar-refractivity contribution < 1.29 is 9.53 Å². The minimum absolute atomic E-state index is 0.00644. The Morgan fingerprint density at radius 2 is 2.11 bits per heavy atom. The Labute approximate surface area is 109 Å². The molecule has 0 radical (unpaired) electrons. The van der Waals surface area contributed by atoms with Crippen molar-refractivity contribution in [3.63, 3.8) is 0 Å². The van der Waals surface area contributed by atoms with Crippen LogP contribution in [0.3, 0.4) is 0 Å². The molecule has 0 bridgehead atoms. The number of carbonyl (C=O) groups excluding carboxylic acids is 1. The van der Waals surface area contributed by atoms with Crippen LogP contribution in [-0.2, 0) is 4.79 Å². The second-order valence-corrected chi connectivity index (χ2v) is 4.82. The van der Waals surface area contributed by atoms with E-state index in [0.717, 1.165) is 29.8 Å². The topological polar surface area (TPSA) is 38.3 Å². The van der Waals surface area contributed by atoms with Gasteiger partial charge in [-0.3, -0.25) is 4.79 Å². The van der Waals surface area contributed by atoms with Gasteiger partial charge in [-0.1, -0.05) is 44.7 Å². The normalized spacial score (nSPS) is 17.4. The number of rotatable bonds is 6. The summed E-state index contributed by atoms with van der Waals surface area (Å²) in [5, 5.41) is 2.94. The maximum Gasteiger partial charge on any atom is 0.232 e. The summed E-state index contributed by atoms with van der Waals surface area (Å²) in [6.45, 7) is 2.20. The summed E-state index contributed by atoms with van der Waals surface area (Å²) >= 11 is 0. The van der Waals surface area contributed by atoms with Gasteiger partial charge in [-0.15, -0.1) is 0 Å². The van der Waals surface area contributed by atoms with Gasteiger partial charge in [0, 0.05) is 0 Å². The first-order chi connectivity index (χ1) is 8.77. The second-order valence-electron chi connectivity index (χ2n) is 4.82. The minimum Gasteiger partial charge on any atom is -0.495 e. The Morgan fingerprint density at radius 1 is 1.28 bits per heavy atom. The first-order valence-electron chi connectivity index (χ1n) is 6.75. The van der Waals surface area contributed by atoms with Crippen LogP contribution in [0.4, 0.5) is 5.69 Å². The molecule has 2 rings (SSSR count). The SMILES string of the molecule is CCCCCCC1C(=O)Nc2c(OC)cccc21. The lowest BCUT2D eigenvalue weighted by Crippen LogP contribution is -2.11. The third kappa shape index (κ3) is 2.50. The average molecular weight is 247 g/mol. The zero-order chi connectivity index (χ0) is 13.0. The number of unbranched alkanes of at least 4 members (excludes halogenated alkanes) is 3. The van der Waals surface area contributed by atoms with Crippen molar-refractivity contribution in [1.29, 1.82) is 0 Å². The summed E-state index contributed by atoms with van der Waals surface area (Å²) < 4.78 is 5.28. The van der Waals surface area contributed by atoms with E-state index in [2.05, 4.69) is 12.2 Å². The first kappa shape index (κ1) is 12.9. The van der Waals surface area contributed by atoms with E-state index < -0.39 is 0 Å². The van der Waals surface area contributed by atoms with Gasteiger partial charge in [0.1, 0.15) is 5.75 Å². The summed E-state index contributed by atoms with van der Waals surface area (Å²) in [6.07, 6.45) is 5.73. The molecule has 0 aliphatic carbocycles. The number of para-hydroxylation sites is 1. The Balaban J connectivity index is 2.08. The lowest BCUT2D eigenvalue weighted by Gasteiger charge is -2.09. The zero-order valence-electron chi connectivity index (χ0n) is 11.2. The predicted molar refractivity (Wildman–Crippen MR) is 73.1 cm³/mol. The fourth-order valence-electron chi connectivity index (χ4n) is 2.56. The number of benzene rings is 1. The molecule has 1 amide bonds. The molecule has 1 unspecified atom stereocenters. The van der Waals surface area contributed by atoms with Crippen molar-refractivity contribution in [2.24, 2.45) is 0 Å². The van der Waals surface area contributed by atoms with Crippen LogP contribution in [0.1, 0.15) is 50.5 Å². The van der Waals surface area contributed by atoms with Gasteiger partial charge in [-0.05, 0) is 18.1 Å². The fraction of sp³-hybridized carbons (Fsp3) is 0.533. The first-order valence-corrected chi connectivity index (χ1v) is 6.75. The largest absolute Gasteiger partial charge is 0.495 e. The average Bonchev–Trinajstić information content (AvgIpc) is 2.70. The molecular weight excluding hydrogens is 226 g/mol. The van der Waals surface area contributed by atoms with Crippen molar-refractivity contribution in [2.75, 3.05) is 12.4 Å². The van der Waals surface area contributed by atoms with Crippen molar-refractivity contribution in [2.45, 2.75) is 44.9 Å². The molecule has 0 spiro atoms. The van der Waals surface area contributed by atoms with Gasteiger partial charge in [-0.2, -0.15) is 0 Å². The Bertz CT molecular complexity index is 429. The Kier molecular flexibility index (Phi) is 4.24. The molecule has 1 aliphatic heterocycles. The third-order valence-electron chi connectivity index (χ3n) is 3.56. The number of methoxy groups -OCH3 is 1. The van der Waals surface area contributed by atoms with Crippen molar-refractivity contribution in [3.8, 4) is 5.75 Å². The van der Waals surface area contributed by atoms with Crippen LogP contribution in [-0.4, -0.2) is 13.0 Å². The van der Waals surface area contributed by atoms with E-state index >= 15 is 0 Å². The molecule has 1 atom stereocenters. The Hall–Kier alpha value is -1.51. The zero-order valence-corrected chi connectivity index (χ0v) is 11.2. The maximum atomic E-state index is 12.0. The summed E-state index contributed by atoms with van der Waals surface area (Å²) in [6, 6.07) is 5.87. The van der Waals surface area contributed by atoms with Gasteiger partial charge in [0.05, 0.1) is 18.7 Å². The van der Waals surface area contributed by atoms with Crippen molar-refractivity contribution in [3.05, 3.63) is 23.8 Å². The summed E-state index contributed by atoms with van der Waals surface area (Å²) in [5.41, 5.74) is 1.96. The number of fused-ring (bicyclic) bond motifs is 1. The van der Waals surface area contributed by atoms with Crippen LogP contribution < -0.4 is 10.1 Å². The van der Waals surface area contributed by atoms with E-state index in [1.165, 1.54) is 19.3 Å². The molecule has 1 N–H and O–H groups in total. The summed E-state index contributed by atoms with van der Waals surface area (Å²) in [4.78, 5) is 12.0. The van der Waals surface area contributed by atoms with Gasteiger partial charge in [0.15, 0.2) is 0 Å². The molecule has 0 aromatic heterocycles. The second kappa shape index (κ2) is 5.89. The third-order valence-corrected chi connectivity index (χ3v) is 3.56. The number of amides is 1. The molecule has 18 heavy (non-hydrogen) atoms. The molecule has 3 heteroatoms. The highest BCUT2D eigenvalue weighted by Crippen LogP contribution is 2.41. The van der Waals surface area contributed by atoms with E-state index in [1.54, 1.807) is 7.11 Å². The van der Waals surface area contributed by atoms with Crippen LogP contribution in [0, 0.1) is 0 Å². The standard InChI is InChI=1S/C15H21NO2/c1-3-4-5-6-8-12-11-9-7-10-13(18-2)14(11)16-15(12)17/h7,9-10,12H,3-6,8H2,1-2H3,(H,16,17). The number of hydrogen-bond donors (Lipinski definition) is 1. The molecule has 0 fully saturated rings. The van der Waals surface area contributed by atoms with Gasteiger partial charge in [-0.25, -0.2) is 0 Å². The summed E-state index contributed by atoms with van der Waals surface area (Å²) in [7, 11) is 1.64. The minimum atomic E-state index is 0.00644. The van der Waals surface area contributed by atoms with Gasteiger partial charge < -0.3 is 10.1 Å². The number of hydrogen-bond acceptors (Lipinski definition) is 2. The van der Waals surface area contributed by atoms with E-state index in [-0.39, 0.29) is 11.8 Å². The van der Waals surface area contributed by atoms with Gasteiger partial charge in [0.2, 0.25) is 5.91 Å². The molecule has 98 valence electrons. The summed E-state index contributed by atoms with van der Waals surface area (Å²) in [5.74, 6) is 0.884. The monoisotopic (exact) mass is 247 g/mol. The molecule has 1 aromatic rings. The number of nitrogens with one attached hydrogen (secondary N) is 1. The van der Waals surface area contributed by atoms with E-state index in [9.17, 15) is 4.79 Å². The highest BCUT2D eigenvalue weighted by molar-refractivity contribution is 6.04. The van der Waals surface area contributed by atoms with Crippen LogP contribution >= 0.6 is 0 Å². The number of ether oxygens (including phenoxy) is 1. The quantitative estimate of drug-likeness (QED) is 0.778. The van der Waals surface area contributed by atoms with E-state index in [0.29, 0.717) is 0 Å². The lowest BCUT2D eigenvalue weighted by molar-refractivity contribution is -0.117. The number of carbonyl (C=O) groups is 1. The van der Waals surface area contributed by atoms with Crippen molar-refractivity contribution >= 4 is 11.6 Å². The molecule has 1 aliphatic rings. The fourth-order valence-corrected chi connectivity index (χ4v) is 2.56. The highest BCUT2D eigenvalue weighted by atomic mass is 16.5. The molecule has 1 heterocycles. The molecule has 1 aromatic carbocycles. The molecule has 3 nitrogen and oxygen atoms in total.